The van der Waals surface area contributed by atoms with Gasteiger partial charge in [-0.3, -0.25) is 4.79 Å². The Morgan fingerprint density at radius 3 is 2.55 bits per heavy atom. The van der Waals surface area contributed by atoms with Crippen LogP contribution in [0.4, 0.5) is 0 Å². The van der Waals surface area contributed by atoms with Crippen LogP contribution in [0.2, 0.25) is 0 Å². The maximum Gasteiger partial charge on any atom is 0.263 e. The molecule has 3 rings (SSSR count). The number of nitrogens with two attached hydrogens (primary N) is 1. The van der Waals surface area contributed by atoms with Gasteiger partial charge < -0.3 is 14.9 Å². The van der Waals surface area contributed by atoms with Crippen LogP contribution in [0.25, 0.3) is 5.52 Å². The molecule has 3 aromatic rings. The van der Waals surface area contributed by atoms with Crippen molar-refractivity contribution >= 4 is 11.4 Å². The van der Waals surface area contributed by atoms with E-state index in [4.69, 9.17) is 10.5 Å². The Balaban J connectivity index is 1.96. The number of para-hydroxylation sites is 1. The van der Waals surface area contributed by atoms with E-state index < -0.39 is 12.0 Å². The molecule has 2 N–H and O–H groups in total. The summed E-state index contributed by atoms with van der Waals surface area (Å²) in [4.78, 5) is 11.7. The number of carbonyl (C=O) groups excluding carboxylic acids is 1. The molecule has 0 saturated carbocycles. The molecule has 1 atom stereocenters. The van der Waals surface area contributed by atoms with E-state index >= 15 is 0 Å². The molecule has 4 heteroatoms. The van der Waals surface area contributed by atoms with Crippen molar-refractivity contribution in [3.05, 3.63) is 72.6 Å². The summed E-state index contributed by atoms with van der Waals surface area (Å²) < 4.78 is 7.63. The monoisotopic (exact) mass is 266 g/mol. The van der Waals surface area contributed by atoms with Crippen molar-refractivity contribution in [2.45, 2.75) is 6.10 Å². The van der Waals surface area contributed by atoms with Gasteiger partial charge in [0.15, 0.2) is 0 Å². The Hall–Kier alpha value is -2.75. The number of hydrogen-bond acceptors (Lipinski definition) is 2. The average Bonchev–Trinajstić information content (AvgIpc) is 2.89. The molecule has 2 heterocycles. The highest BCUT2D eigenvalue weighted by Gasteiger charge is 2.21. The van der Waals surface area contributed by atoms with Crippen LogP contribution in [0.3, 0.4) is 0 Å². The van der Waals surface area contributed by atoms with Crippen molar-refractivity contribution in [2.24, 2.45) is 5.73 Å². The molecule has 0 fully saturated rings. The molecule has 1 aromatic carbocycles. The third-order valence-corrected chi connectivity index (χ3v) is 3.08. The highest BCUT2D eigenvalue weighted by atomic mass is 16.5. The molecule has 0 saturated heterocycles. The normalized spacial score (nSPS) is 12.2. The molecule has 2 aromatic heterocycles. The topological polar surface area (TPSA) is 56.7 Å². The predicted octanol–water partition coefficient (Wildman–Crippen LogP) is 2.54. The molecule has 0 aliphatic rings. The molecule has 0 aliphatic heterocycles. The van der Waals surface area contributed by atoms with Gasteiger partial charge in [-0.05, 0) is 30.3 Å². The van der Waals surface area contributed by atoms with Gasteiger partial charge in [0, 0.05) is 23.5 Å². The molecule has 0 aliphatic carbocycles. The lowest BCUT2D eigenvalue weighted by Crippen LogP contribution is -2.25. The highest BCUT2D eigenvalue weighted by Crippen LogP contribution is 2.23. The number of rotatable bonds is 4. The van der Waals surface area contributed by atoms with Crippen LogP contribution < -0.4 is 10.5 Å². The van der Waals surface area contributed by atoms with E-state index in [-0.39, 0.29) is 0 Å². The van der Waals surface area contributed by atoms with E-state index in [1.807, 2.05) is 59.3 Å². The number of carbonyl (C=O) groups is 1. The van der Waals surface area contributed by atoms with E-state index in [9.17, 15) is 4.79 Å². The van der Waals surface area contributed by atoms with Crippen LogP contribution in [-0.2, 0) is 4.79 Å². The molecule has 0 spiro atoms. The number of fused-ring (bicyclic) bond motifs is 1. The van der Waals surface area contributed by atoms with Crippen molar-refractivity contribution in [1.82, 2.24) is 4.40 Å². The van der Waals surface area contributed by atoms with Gasteiger partial charge in [-0.25, -0.2) is 0 Å². The van der Waals surface area contributed by atoms with Crippen molar-refractivity contribution in [3.8, 4) is 5.75 Å². The van der Waals surface area contributed by atoms with Crippen LogP contribution in [0.5, 0.6) is 5.75 Å². The predicted molar refractivity (Wildman–Crippen MR) is 76.4 cm³/mol. The highest BCUT2D eigenvalue weighted by molar-refractivity contribution is 5.81. The molecule has 0 bridgehead atoms. The van der Waals surface area contributed by atoms with Crippen molar-refractivity contribution < 1.29 is 9.53 Å². The first-order valence-electron chi connectivity index (χ1n) is 6.32. The average molecular weight is 266 g/mol. The Morgan fingerprint density at radius 2 is 1.85 bits per heavy atom. The third-order valence-electron chi connectivity index (χ3n) is 3.08. The summed E-state index contributed by atoms with van der Waals surface area (Å²) >= 11 is 0. The molecular weight excluding hydrogens is 252 g/mol. The summed E-state index contributed by atoms with van der Waals surface area (Å²) in [5.41, 5.74) is 7.20. The lowest BCUT2D eigenvalue weighted by molar-refractivity contribution is -0.125. The second-order valence-electron chi connectivity index (χ2n) is 4.52. The Kier molecular flexibility index (Phi) is 3.13. The van der Waals surface area contributed by atoms with Gasteiger partial charge >= 0.3 is 0 Å². The Labute approximate surface area is 116 Å². The summed E-state index contributed by atoms with van der Waals surface area (Å²) in [7, 11) is 0. The molecule has 4 nitrogen and oxygen atoms in total. The fraction of sp³-hybridized carbons (Fsp3) is 0.0625. The fourth-order valence-electron chi connectivity index (χ4n) is 2.15. The number of pyridine rings is 1. The standard InChI is InChI=1S/C16H14N2O2/c17-16(19)15(20-14-7-2-1-3-8-14)12-10-13-6-4-5-9-18(13)11-12/h1-11,15H,(H2,17,19). The Bertz CT molecular complexity index is 701. The number of nitrogens with zero attached hydrogens (tertiary/aromatic N) is 1. The second kappa shape index (κ2) is 5.09. The summed E-state index contributed by atoms with van der Waals surface area (Å²) in [6.07, 6.45) is 2.98. The van der Waals surface area contributed by atoms with Crippen molar-refractivity contribution in [2.75, 3.05) is 0 Å². The smallest absolute Gasteiger partial charge is 0.263 e. The largest absolute Gasteiger partial charge is 0.476 e. The maximum atomic E-state index is 11.7. The van der Waals surface area contributed by atoms with Crippen LogP contribution in [-0.4, -0.2) is 10.3 Å². The number of hydrogen-bond donors (Lipinski definition) is 1. The van der Waals surface area contributed by atoms with Gasteiger partial charge in [0.05, 0.1) is 0 Å². The van der Waals surface area contributed by atoms with E-state index in [2.05, 4.69) is 0 Å². The fourth-order valence-corrected chi connectivity index (χ4v) is 2.15. The molecule has 100 valence electrons. The van der Waals surface area contributed by atoms with Gasteiger partial charge in [-0.15, -0.1) is 0 Å². The first kappa shape index (κ1) is 12.3. The number of aromatic nitrogens is 1. The van der Waals surface area contributed by atoms with Crippen LogP contribution in [0, 0.1) is 0 Å². The zero-order valence-corrected chi connectivity index (χ0v) is 10.8. The number of ether oxygens (including phenoxy) is 1. The minimum Gasteiger partial charge on any atom is -0.476 e. The number of amides is 1. The van der Waals surface area contributed by atoms with Crippen LogP contribution >= 0.6 is 0 Å². The summed E-state index contributed by atoms with van der Waals surface area (Å²) in [5, 5.41) is 0. The van der Waals surface area contributed by atoms with Crippen molar-refractivity contribution in [1.29, 1.82) is 0 Å². The second-order valence-corrected chi connectivity index (χ2v) is 4.52. The molecular formula is C16H14N2O2. The van der Waals surface area contributed by atoms with Gasteiger partial charge in [0.2, 0.25) is 6.10 Å². The van der Waals surface area contributed by atoms with Gasteiger partial charge in [0.25, 0.3) is 5.91 Å². The molecule has 0 radical (unpaired) electrons. The minimum absolute atomic E-state index is 0.509. The van der Waals surface area contributed by atoms with E-state index in [1.54, 1.807) is 12.1 Å². The first-order valence-corrected chi connectivity index (χ1v) is 6.32. The zero-order valence-electron chi connectivity index (χ0n) is 10.8. The van der Waals surface area contributed by atoms with E-state index in [0.29, 0.717) is 5.75 Å². The number of benzene rings is 1. The van der Waals surface area contributed by atoms with Crippen LogP contribution in [0.1, 0.15) is 11.7 Å². The van der Waals surface area contributed by atoms with E-state index in [0.717, 1.165) is 11.1 Å². The first-order chi connectivity index (χ1) is 9.74. The third kappa shape index (κ3) is 2.36. The zero-order chi connectivity index (χ0) is 13.9. The molecule has 20 heavy (non-hydrogen) atoms. The lowest BCUT2D eigenvalue weighted by Gasteiger charge is -2.14. The van der Waals surface area contributed by atoms with Gasteiger partial charge in [-0.2, -0.15) is 0 Å². The van der Waals surface area contributed by atoms with Gasteiger partial charge in [0.1, 0.15) is 5.75 Å². The number of primary amides is 1. The minimum atomic E-state index is -0.794. The quantitative estimate of drug-likeness (QED) is 0.789. The summed E-state index contributed by atoms with van der Waals surface area (Å²) in [6.45, 7) is 0. The van der Waals surface area contributed by atoms with Gasteiger partial charge in [-0.1, -0.05) is 24.3 Å². The summed E-state index contributed by atoms with van der Waals surface area (Å²) in [5.74, 6) is 0.108. The summed E-state index contributed by atoms with van der Waals surface area (Å²) in [6, 6.07) is 16.9. The van der Waals surface area contributed by atoms with Crippen molar-refractivity contribution in [3.63, 3.8) is 0 Å². The SMILES string of the molecule is NC(=O)C(Oc1ccccc1)c1cc2ccccn2c1. The van der Waals surface area contributed by atoms with Crippen LogP contribution in [0.15, 0.2) is 67.0 Å². The van der Waals surface area contributed by atoms with E-state index in [1.165, 1.54) is 0 Å². The lowest BCUT2D eigenvalue weighted by atomic mass is 10.2. The molecule has 1 unspecified atom stereocenters. The Morgan fingerprint density at radius 1 is 1.10 bits per heavy atom. The maximum absolute atomic E-state index is 11.7. The molecule has 1 amide bonds.